The van der Waals surface area contributed by atoms with Crippen LogP contribution in [0.2, 0.25) is 0 Å². The Labute approximate surface area is 209 Å². The molecule has 0 saturated carbocycles. The van der Waals surface area contributed by atoms with E-state index in [1.807, 2.05) is 32.0 Å². The lowest BCUT2D eigenvalue weighted by Gasteiger charge is -2.14. The van der Waals surface area contributed by atoms with Gasteiger partial charge in [-0.05, 0) is 74.0 Å². The molecule has 1 heterocycles. The molecule has 1 N–H and O–H groups in total. The van der Waals surface area contributed by atoms with Gasteiger partial charge < -0.3 is 14.8 Å². The number of amides is 3. The van der Waals surface area contributed by atoms with Crippen LogP contribution in [0.3, 0.4) is 0 Å². The van der Waals surface area contributed by atoms with Crippen molar-refractivity contribution in [1.82, 2.24) is 4.90 Å². The molecule has 8 nitrogen and oxygen atoms in total. The lowest BCUT2D eigenvalue weighted by Crippen LogP contribution is -2.36. The number of nitrogens with zero attached hydrogens (tertiary/aromatic N) is 1. The monoisotopic (exact) mass is 546 g/mol. The van der Waals surface area contributed by atoms with E-state index in [-0.39, 0.29) is 18.1 Å². The number of hydrogen-bond donors (Lipinski definition) is 1. The number of carbonyl (C=O) groups is 4. The van der Waals surface area contributed by atoms with Gasteiger partial charge in [0.05, 0.1) is 11.5 Å². The molecule has 0 unspecified atom stereocenters. The first-order valence-corrected chi connectivity index (χ1v) is 12.0. The maximum Gasteiger partial charge on any atom is 0.344 e. The van der Waals surface area contributed by atoms with E-state index in [9.17, 15) is 19.2 Å². The first kappa shape index (κ1) is 25.5. The number of aryl methyl sites for hydroxylation is 2. The molecule has 1 saturated heterocycles. The Hall–Kier alpha value is -3.11. The largest absolute Gasteiger partial charge is 0.481 e. The standard InChI is InChI=1S/C24H23BrN2O6S/c1-4-32-22(29)13-33-19-8-7-17(25)10-16(19)11-20-23(30)27(24(31)34-20)12-21(28)26-18-9-14(2)5-6-15(18)3/h5-11H,4,12-13H2,1-3H3,(H,26,28)/b20-11+. The van der Waals surface area contributed by atoms with E-state index >= 15 is 0 Å². The van der Waals surface area contributed by atoms with E-state index in [1.165, 1.54) is 6.08 Å². The summed E-state index contributed by atoms with van der Waals surface area (Å²) in [5.74, 6) is -1.23. The number of imide groups is 1. The summed E-state index contributed by atoms with van der Waals surface area (Å²) in [6.07, 6.45) is 1.50. The zero-order chi connectivity index (χ0) is 24.8. The second-order valence-corrected chi connectivity index (χ2v) is 9.32. The van der Waals surface area contributed by atoms with Crippen LogP contribution in [0.15, 0.2) is 45.8 Å². The number of carbonyl (C=O) groups excluding carboxylic acids is 4. The highest BCUT2D eigenvalue weighted by Gasteiger charge is 2.36. The predicted octanol–water partition coefficient (Wildman–Crippen LogP) is 4.68. The number of hydrogen-bond acceptors (Lipinski definition) is 7. The summed E-state index contributed by atoms with van der Waals surface area (Å²) < 4.78 is 11.1. The maximum atomic E-state index is 12.9. The van der Waals surface area contributed by atoms with Crippen molar-refractivity contribution in [3.63, 3.8) is 0 Å². The van der Waals surface area contributed by atoms with Gasteiger partial charge in [0, 0.05) is 15.7 Å². The second kappa shape index (κ2) is 11.3. The van der Waals surface area contributed by atoms with Crippen LogP contribution in [-0.4, -0.2) is 47.7 Å². The van der Waals surface area contributed by atoms with Gasteiger partial charge in [-0.1, -0.05) is 28.1 Å². The van der Waals surface area contributed by atoms with E-state index in [0.717, 1.165) is 32.3 Å². The van der Waals surface area contributed by atoms with Crippen LogP contribution in [0.4, 0.5) is 10.5 Å². The average molecular weight is 547 g/mol. The molecule has 1 fully saturated rings. The molecule has 0 aliphatic carbocycles. The van der Waals surface area contributed by atoms with Crippen molar-refractivity contribution in [1.29, 1.82) is 0 Å². The summed E-state index contributed by atoms with van der Waals surface area (Å²) in [6, 6.07) is 10.7. The molecule has 3 amide bonds. The lowest BCUT2D eigenvalue weighted by molar-refractivity contribution is -0.145. The number of halogens is 1. The van der Waals surface area contributed by atoms with Gasteiger partial charge in [0.2, 0.25) is 5.91 Å². The molecule has 34 heavy (non-hydrogen) atoms. The van der Waals surface area contributed by atoms with Crippen LogP contribution in [0.5, 0.6) is 5.75 Å². The number of anilines is 1. The molecule has 3 rings (SSSR count). The van der Waals surface area contributed by atoms with Crippen molar-refractivity contribution in [3.05, 3.63) is 62.5 Å². The fourth-order valence-corrected chi connectivity index (χ4v) is 4.29. The Morgan fingerprint density at radius 1 is 1.15 bits per heavy atom. The van der Waals surface area contributed by atoms with E-state index in [0.29, 0.717) is 17.0 Å². The summed E-state index contributed by atoms with van der Waals surface area (Å²) in [4.78, 5) is 50.6. The van der Waals surface area contributed by atoms with Gasteiger partial charge in [0.1, 0.15) is 12.3 Å². The van der Waals surface area contributed by atoms with Crippen LogP contribution < -0.4 is 10.1 Å². The van der Waals surface area contributed by atoms with Gasteiger partial charge in [-0.15, -0.1) is 0 Å². The molecule has 0 radical (unpaired) electrons. The minimum Gasteiger partial charge on any atom is -0.481 e. The summed E-state index contributed by atoms with van der Waals surface area (Å²) in [5, 5.41) is 2.21. The van der Waals surface area contributed by atoms with Gasteiger partial charge in [-0.25, -0.2) is 4.79 Å². The Bertz CT molecular complexity index is 1180. The third-order valence-corrected chi connectivity index (χ3v) is 6.15. The first-order chi connectivity index (χ1) is 16.2. The topological polar surface area (TPSA) is 102 Å². The molecule has 0 spiro atoms. The molecule has 0 atom stereocenters. The zero-order valence-electron chi connectivity index (χ0n) is 18.8. The molecule has 0 aromatic heterocycles. The normalized spacial score (nSPS) is 14.5. The van der Waals surface area contributed by atoms with Crippen molar-refractivity contribution < 1.29 is 28.7 Å². The van der Waals surface area contributed by atoms with Crippen LogP contribution >= 0.6 is 27.7 Å². The van der Waals surface area contributed by atoms with Crippen molar-refractivity contribution in [2.24, 2.45) is 0 Å². The molecule has 178 valence electrons. The highest BCUT2D eigenvalue weighted by atomic mass is 79.9. The zero-order valence-corrected chi connectivity index (χ0v) is 21.2. The van der Waals surface area contributed by atoms with Crippen molar-refractivity contribution in [2.45, 2.75) is 20.8 Å². The smallest absolute Gasteiger partial charge is 0.344 e. The average Bonchev–Trinajstić information content (AvgIpc) is 3.03. The predicted molar refractivity (Wildman–Crippen MR) is 133 cm³/mol. The van der Waals surface area contributed by atoms with E-state index < -0.39 is 29.6 Å². The third kappa shape index (κ3) is 6.48. The molecule has 2 aromatic rings. The number of benzene rings is 2. The van der Waals surface area contributed by atoms with Gasteiger partial charge >= 0.3 is 5.97 Å². The number of nitrogens with one attached hydrogen (secondary N) is 1. The fraction of sp³-hybridized carbons (Fsp3) is 0.250. The molecular formula is C24H23BrN2O6S. The minimum absolute atomic E-state index is 0.142. The van der Waals surface area contributed by atoms with E-state index in [1.54, 1.807) is 25.1 Å². The second-order valence-electron chi connectivity index (χ2n) is 7.41. The highest BCUT2D eigenvalue weighted by Crippen LogP contribution is 2.35. The molecule has 1 aliphatic rings. The minimum atomic E-state index is -0.581. The van der Waals surface area contributed by atoms with Crippen molar-refractivity contribution in [3.8, 4) is 5.75 Å². The van der Waals surface area contributed by atoms with Gasteiger partial charge in [-0.2, -0.15) is 0 Å². The van der Waals surface area contributed by atoms with Crippen LogP contribution in [0, 0.1) is 13.8 Å². The summed E-state index contributed by atoms with van der Waals surface area (Å²) >= 11 is 4.10. The van der Waals surface area contributed by atoms with Crippen molar-refractivity contribution in [2.75, 3.05) is 25.1 Å². The Morgan fingerprint density at radius 2 is 1.91 bits per heavy atom. The number of esters is 1. The Kier molecular flexibility index (Phi) is 8.51. The summed E-state index contributed by atoms with van der Waals surface area (Å²) in [6.45, 7) is 5.00. The molecule has 10 heteroatoms. The summed E-state index contributed by atoms with van der Waals surface area (Å²) in [7, 11) is 0. The number of rotatable bonds is 8. The number of thioether (sulfide) groups is 1. The first-order valence-electron chi connectivity index (χ1n) is 10.4. The quantitative estimate of drug-likeness (QED) is 0.378. The van der Waals surface area contributed by atoms with Gasteiger partial charge in [0.25, 0.3) is 11.1 Å². The van der Waals surface area contributed by atoms with Crippen LogP contribution in [0.1, 0.15) is 23.6 Å². The Balaban J connectivity index is 1.74. The van der Waals surface area contributed by atoms with Crippen LogP contribution in [0.25, 0.3) is 6.08 Å². The van der Waals surface area contributed by atoms with Crippen molar-refractivity contribution >= 4 is 62.5 Å². The highest BCUT2D eigenvalue weighted by molar-refractivity contribution is 9.10. The SMILES string of the molecule is CCOC(=O)COc1ccc(Br)cc1/C=C1/SC(=O)N(CC(=O)Nc2cc(C)ccc2C)C1=O. The molecule has 0 bridgehead atoms. The third-order valence-electron chi connectivity index (χ3n) is 4.75. The lowest BCUT2D eigenvalue weighted by atomic mass is 10.1. The maximum absolute atomic E-state index is 12.9. The van der Waals surface area contributed by atoms with Crippen LogP contribution in [-0.2, 0) is 19.1 Å². The van der Waals surface area contributed by atoms with E-state index in [2.05, 4.69) is 21.2 Å². The summed E-state index contributed by atoms with van der Waals surface area (Å²) in [5.41, 5.74) is 2.97. The van der Waals surface area contributed by atoms with Gasteiger partial charge in [-0.3, -0.25) is 19.3 Å². The molecule has 1 aliphatic heterocycles. The molecule has 2 aromatic carbocycles. The van der Waals surface area contributed by atoms with E-state index in [4.69, 9.17) is 9.47 Å². The Morgan fingerprint density at radius 3 is 2.65 bits per heavy atom. The fourth-order valence-electron chi connectivity index (χ4n) is 3.08. The molecular weight excluding hydrogens is 524 g/mol. The number of ether oxygens (including phenoxy) is 2. The van der Waals surface area contributed by atoms with Gasteiger partial charge in [0.15, 0.2) is 6.61 Å².